The van der Waals surface area contributed by atoms with Crippen LogP contribution in [0.4, 0.5) is 19.5 Å². The normalized spacial score (nSPS) is 21.7. The molecule has 11 heteroatoms. The van der Waals surface area contributed by atoms with Crippen molar-refractivity contribution in [3.63, 3.8) is 0 Å². The van der Waals surface area contributed by atoms with Gasteiger partial charge in [-0.25, -0.2) is 23.5 Å². The van der Waals surface area contributed by atoms with Gasteiger partial charge in [0.15, 0.2) is 0 Å². The van der Waals surface area contributed by atoms with E-state index in [-0.39, 0.29) is 24.1 Å². The van der Waals surface area contributed by atoms with Crippen LogP contribution in [-0.2, 0) is 9.53 Å². The second-order valence-corrected chi connectivity index (χ2v) is 7.33. The first kappa shape index (κ1) is 21.2. The van der Waals surface area contributed by atoms with E-state index in [0.29, 0.717) is 32.0 Å². The zero-order valence-electron chi connectivity index (χ0n) is 16.1. The minimum atomic E-state index is -2.59. The van der Waals surface area contributed by atoms with Crippen LogP contribution in [0.3, 0.4) is 0 Å². The second-order valence-electron chi connectivity index (χ2n) is 7.33. The molecule has 3 heterocycles. The molecule has 0 radical (unpaired) electrons. The molecule has 9 nitrogen and oxygen atoms in total. The van der Waals surface area contributed by atoms with Crippen LogP contribution < -0.4 is 10.2 Å². The van der Waals surface area contributed by atoms with Crippen LogP contribution in [0.2, 0.25) is 0 Å². The molecular weight excluding hydrogens is 388 g/mol. The van der Waals surface area contributed by atoms with Gasteiger partial charge in [-0.1, -0.05) is 0 Å². The Balaban J connectivity index is 1.47. The molecule has 2 aliphatic heterocycles. The van der Waals surface area contributed by atoms with E-state index in [1.54, 1.807) is 6.92 Å². The number of anilines is 1. The third-order valence-electron chi connectivity index (χ3n) is 5.21. The summed E-state index contributed by atoms with van der Waals surface area (Å²) in [7, 11) is 0. The number of halogens is 2. The molecule has 2 saturated heterocycles. The Bertz CT molecular complexity index is 713. The number of alkyl halides is 2. The van der Waals surface area contributed by atoms with Crippen molar-refractivity contribution in [1.82, 2.24) is 20.2 Å². The highest BCUT2D eigenvalue weighted by molar-refractivity contribution is 5.83. The first-order valence-corrected chi connectivity index (χ1v) is 9.61. The number of carbonyl (C=O) groups excluding carboxylic acids is 1. The SMILES string of the molecule is CC(COC1CCN(C2CCN(c3ncc(C(F)F)cn3)CC2)C1=O)NC(=O)O. The molecule has 0 bridgehead atoms. The first-order valence-electron chi connectivity index (χ1n) is 9.61. The highest BCUT2D eigenvalue weighted by Gasteiger charge is 2.38. The van der Waals surface area contributed by atoms with Crippen molar-refractivity contribution in [2.45, 2.75) is 50.8 Å². The Morgan fingerprint density at radius 3 is 2.52 bits per heavy atom. The standard InChI is InChI=1S/C18H25F2N5O4/c1-11(23-18(27)28)10-29-14-4-7-25(16(14)26)13-2-5-24(6-3-13)17-21-8-12(9-22-17)15(19)20/h8-9,11,13-15,23H,2-7,10H2,1H3,(H,27,28). The second kappa shape index (κ2) is 9.29. The summed E-state index contributed by atoms with van der Waals surface area (Å²) < 4.78 is 30.8. The highest BCUT2D eigenvalue weighted by atomic mass is 19.3. The van der Waals surface area contributed by atoms with E-state index in [1.807, 2.05) is 9.80 Å². The molecule has 29 heavy (non-hydrogen) atoms. The summed E-state index contributed by atoms with van der Waals surface area (Å²) >= 11 is 0. The molecule has 2 amide bonds. The number of amides is 2. The van der Waals surface area contributed by atoms with Crippen molar-refractivity contribution in [2.75, 3.05) is 31.1 Å². The number of aromatic nitrogens is 2. The molecule has 1 aromatic rings. The lowest BCUT2D eigenvalue weighted by Gasteiger charge is -2.36. The molecule has 2 atom stereocenters. The number of likely N-dealkylation sites (tertiary alicyclic amines) is 1. The summed E-state index contributed by atoms with van der Waals surface area (Å²) in [5.41, 5.74) is -0.204. The van der Waals surface area contributed by atoms with Crippen molar-refractivity contribution in [1.29, 1.82) is 0 Å². The van der Waals surface area contributed by atoms with Crippen LogP contribution in [0, 0.1) is 0 Å². The molecule has 0 aromatic carbocycles. The Labute approximate surface area is 167 Å². The molecule has 2 aliphatic rings. The van der Waals surface area contributed by atoms with E-state index < -0.39 is 24.7 Å². The van der Waals surface area contributed by atoms with Gasteiger partial charge in [-0.05, 0) is 19.8 Å². The van der Waals surface area contributed by atoms with Gasteiger partial charge < -0.3 is 25.0 Å². The van der Waals surface area contributed by atoms with Gasteiger partial charge in [0.1, 0.15) is 6.10 Å². The van der Waals surface area contributed by atoms with Crippen LogP contribution in [-0.4, -0.2) is 76.4 Å². The Morgan fingerprint density at radius 2 is 1.93 bits per heavy atom. The van der Waals surface area contributed by atoms with E-state index in [0.717, 1.165) is 25.2 Å². The van der Waals surface area contributed by atoms with E-state index in [4.69, 9.17) is 9.84 Å². The van der Waals surface area contributed by atoms with E-state index >= 15 is 0 Å². The fourth-order valence-corrected chi connectivity index (χ4v) is 3.69. The molecule has 3 rings (SSSR count). The maximum Gasteiger partial charge on any atom is 0.404 e. The molecule has 160 valence electrons. The lowest BCUT2D eigenvalue weighted by Crippen LogP contribution is -2.47. The summed E-state index contributed by atoms with van der Waals surface area (Å²) in [6.07, 6.45) is 0.0727. The van der Waals surface area contributed by atoms with Crippen molar-refractivity contribution < 1.29 is 28.2 Å². The third kappa shape index (κ3) is 5.28. The van der Waals surface area contributed by atoms with Crippen LogP contribution >= 0.6 is 0 Å². The van der Waals surface area contributed by atoms with E-state index in [1.165, 1.54) is 0 Å². The fourth-order valence-electron chi connectivity index (χ4n) is 3.69. The summed E-state index contributed by atoms with van der Waals surface area (Å²) in [6, 6.07) is -0.309. The number of hydrogen-bond acceptors (Lipinski definition) is 6. The zero-order chi connectivity index (χ0) is 21.0. The first-order chi connectivity index (χ1) is 13.8. The lowest BCUT2D eigenvalue weighted by molar-refractivity contribution is -0.139. The van der Waals surface area contributed by atoms with E-state index in [2.05, 4.69) is 15.3 Å². The molecule has 1 aromatic heterocycles. The zero-order valence-corrected chi connectivity index (χ0v) is 16.1. The van der Waals surface area contributed by atoms with Gasteiger partial charge in [-0.2, -0.15) is 0 Å². The maximum atomic E-state index is 12.6. The fraction of sp³-hybridized carbons (Fsp3) is 0.667. The largest absolute Gasteiger partial charge is 0.465 e. The van der Waals surface area contributed by atoms with Crippen molar-refractivity contribution in [3.05, 3.63) is 18.0 Å². The van der Waals surface area contributed by atoms with Crippen molar-refractivity contribution in [3.8, 4) is 0 Å². The molecule has 2 fully saturated rings. The van der Waals surface area contributed by atoms with Gasteiger partial charge >= 0.3 is 6.09 Å². The monoisotopic (exact) mass is 413 g/mol. The summed E-state index contributed by atoms with van der Waals surface area (Å²) in [5, 5.41) is 11.0. The van der Waals surface area contributed by atoms with Gasteiger partial charge in [0.2, 0.25) is 5.95 Å². The van der Waals surface area contributed by atoms with Crippen LogP contribution in [0.25, 0.3) is 0 Å². The molecule has 0 spiro atoms. The Morgan fingerprint density at radius 1 is 1.28 bits per heavy atom. The van der Waals surface area contributed by atoms with Gasteiger partial charge in [0.25, 0.3) is 12.3 Å². The minimum absolute atomic E-state index is 0.0662. The van der Waals surface area contributed by atoms with Crippen molar-refractivity contribution >= 4 is 17.9 Å². The van der Waals surface area contributed by atoms with Crippen LogP contribution in [0.5, 0.6) is 0 Å². The molecule has 0 aliphatic carbocycles. The summed E-state index contributed by atoms with van der Waals surface area (Å²) in [4.78, 5) is 35.1. The average Bonchev–Trinajstić information content (AvgIpc) is 3.06. The molecule has 0 saturated carbocycles. The van der Waals surface area contributed by atoms with E-state index in [9.17, 15) is 18.4 Å². The smallest absolute Gasteiger partial charge is 0.404 e. The number of nitrogens with zero attached hydrogens (tertiary/aromatic N) is 4. The summed E-state index contributed by atoms with van der Waals surface area (Å²) in [5.74, 6) is 0.352. The number of carboxylic acid groups (broad SMARTS) is 1. The minimum Gasteiger partial charge on any atom is -0.465 e. The number of rotatable bonds is 7. The molecule has 2 N–H and O–H groups in total. The highest BCUT2D eigenvalue weighted by Crippen LogP contribution is 2.26. The quantitative estimate of drug-likeness (QED) is 0.700. The molecular formula is C18H25F2N5O4. The number of carbonyl (C=O) groups is 2. The predicted octanol–water partition coefficient (Wildman–Crippen LogP) is 1.66. The number of nitrogens with one attached hydrogen (secondary N) is 1. The third-order valence-corrected chi connectivity index (χ3v) is 5.21. The van der Waals surface area contributed by atoms with Crippen LogP contribution in [0.15, 0.2) is 12.4 Å². The number of ether oxygens (including phenoxy) is 1. The average molecular weight is 413 g/mol. The van der Waals surface area contributed by atoms with Crippen LogP contribution in [0.1, 0.15) is 38.2 Å². The Kier molecular flexibility index (Phi) is 6.78. The van der Waals surface area contributed by atoms with Gasteiger partial charge in [0, 0.05) is 44.5 Å². The number of piperidine rings is 1. The Hall–Kier alpha value is -2.56. The predicted molar refractivity (Wildman–Crippen MR) is 98.9 cm³/mol. The molecule has 2 unspecified atom stereocenters. The summed E-state index contributed by atoms with van der Waals surface area (Å²) in [6.45, 7) is 3.69. The lowest BCUT2D eigenvalue weighted by atomic mass is 10.0. The van der Waals surface area contributed by atoms with Gasteiger partial charge in [-0.3, -0.25) is 4.79 Å². The van der Waals surface area contributed by atoms with Gasteiger partial charge in [-0.15, -0.1) is 0 Å². The maximum absolute atomic E-state index is 12.6. The topological polar surface area (TPSA) is 108 Å². The number of hydrogen-bond donors (Lipinski definition) is 2. The van der Waals surface area contributed by atoms with Gasteiger partial charge in [0.05, 0.1) is 18.2 Å². The van der Waals surface area contributed by atoms with Crippen molar-refractivity contribution in [2.24, 2.45) is 0 Å².